The van der Waals surface area contributed by atoms with Crippen molar-refractivity contribution in [3.05, 3.63) is 23.8 Å². The van der Waals surface area contributed by atoms with Crippen LogP contribution in [0.5, 0.6) is 11.5 Å². The Morgan fingerprint density at radius 1 is 1.25 bits per heavy atom. The Bertz CT molecular complexity index is 330. The van der Waals surface area contributed by atoms with Crippen LogP contribution in [-0.4, -0.2) is 15.3 Å². The summed E-state index contributed by atoms with van der Waals surface area (Å²) in [7, 11) is 0. The van der Waals surface area contributed by atoms with Gasteiger partial charge in [0.2, 0.25) is 0 Å². The first-order chi connectivity index (χ1) is 5.65. The van der Waals surface area contributed by atoms with Crippen LogP contribution in [0.2, 0.25) is 0 Å². The van der Waals surface area contributed by atoms with Gasteiger partial charge in [-0.1, -0.05) is 6.07 Å². The maximum Gasteiger partial charge on any atom is 0.166 e. The van der Waals surface area contributed by atoms with E-state index >= 15 is 0 Å². The van der Waals surface area contributed by atoms with Crippen LogP contribution in [0, 0.1) is 11.3 Å². The van der Waals surface area contributed by atoms with Gasteiger partial charge in [-0.2, -0.15) is 5.26 Å². The molecule has 0 saturated carbocycles. The molecule has 12 heavy (non-hydrogen) atoms. The molecule has 0 heterocycles. The fourth-order valence-electron chi connectivity index (χ4n) is 0.785. The number of hydrogen-bond donors (Lipinski definition) is 3. The van der Waals surface area contributed by atoms with E-state index in [0.29, 0.717) is 0 Å². The minimum absolute atomic E-state index is 0.257. The van der Waals surface area contributed by atoms with Crippen LogP contribution in [0.1, 0.15) is 11.7 Å². The molecule has 0 saturated heterocycles. The van der Waals surface area contributed by atoms with Gasteiger partial charge in [-0.05, 0) is 17.7 Å². The zero-order valence-electron chi connectivity index (χ0n) is 6.10. The molecule has 1 aromatic rings. The highest BCUT2D eigenvalue weighted by Crippen LogP contribution is 2.27. The summed E-state index contributed by atoms with van der Waals surface area (Å²) in [6.07, 6.45) is -1.27. The van der Waals surface area contributed by atoms with E-state index in [0.717, 1.165) is 6.07 Å². The van der Waals surface area contributed by atoms with Gasteiger partial charge in [0.25, 0.3) is 0 Å². The maximum atomic E-state index is 8.99. The van der Waals surface area contributed by atoms with Gasteiger partial charge >= 0.3 is 0 Å². The lowest BCUT2D eigenvalue weighted by Crippen LogP contribution is -1.91. The fourth-order valence-corrected chi connectivity index (χ4v) is 0.785. The van der Waals surface area contributed by atoms with Gasteiger partial charge < -0.3 is 15.3 Å². The second-order valence-corrected chi connectivity index (χ2v) is 2.28. The van der Waals surface area contributed by atoms with Crippen molar-refractivity contribution in [2.24, 2.45) is 0 Å². The van der Waals surface area contributed by atoms with Gasteiger partial charge in [0, 0.05) is 0 Å². The van der Waals surface area contributed by atoms with E-state index in [-0.39, 0.29) is 17.1 Å². The molecule has 4 nitrogen and oxygen atoms in total. The van der Waals surface area contributed by atoms with Crippen molar-refractivity contribution in [2.75, 3.05) is 0 Å². The highest BCUT2D eigenvalue weighted by atomic mass is 16.3. The first-order valence-electron chi connectivity index (χ1n) is 3.24. The third-order valence-corrected chi connectivity index (χ3v) is 1.44. The molecule has 1 rings (SSSR count). The van der Waals surface area contributed by atoms with Crippen molar-refractivity contribution < 1.29 is 15.3 Å². The molecule has 0 radical (unpaired) electrons. The molecule has 4 heteroatoms. The SMILES string of the molecule is N#C[C@H](O)c1ccc(O)c(O)c1. The number of phenolic OH excluding ortho intramolecular Hbond substituents is 2. The molecule has 0 bridgehead atoms. The lowest BCUT2D eigenvalue weighted by Gasteiger charge is -2.03. The summed E-state index contributed by atoms with van der Waals surface area (Å²) < 4.78 is 0. The van der Waals surface area contributed by atoms with Crippen molar-refractivity contribution in [3.8, 4) is 17.6 Å². The molecule has 3 N–H and O–H groups in total. The monoisotopic (exact) mass is 165 g/mol. The van der Waals surface area contributed by atoms with Gasteiger partial charge in [-0.3, -0.25) is 0 Å². The van der Waals surface area contributed by atoms with Gasteiger partial charge in [0.05, 0.1) is 6.07 Å². The second-order valence-electron chi connectivity index (χ2n) is 2.28. The molecule has 0 amide bonds. The standard InChI is InChI=1S/C8H7NO3/c9-4-8(12)5-1-2-6(10)7(11)3-5/h1-3,8,10-12H/t8-/m0/s1. The van der Waals surface area contributed by atoms with Gasteiger partial charge in [-0.15, -0.1) is 0 Å². The van der Waals surface area contributed by atoms with Gasteiger partial charge in [0.1, 0.15) is 0 Å². The van der Waals surface area contributed by atoms with Crippen molar-refractivity contribution in [3.63, 3.8) is 0 Å². The van der Waals surface area contributed by atoms with Gasteiger partial charge in [-0.25, -0.2) is 0 Å². The molecular weight excluding hydrogens is 158 g/mol. The third kappa shape index (κ3) is 1.47. The number of phenols is 2. The first-order valence-corrected chi connectivity index (χ1v) is 3.24. The highest BCUT2D eigenvalue weighted by Gasteiger charge is 2.07. The number of hydrogen-bond acceptors (Lipinski definition) is 4. The molecule has 0 aliphatic rings. The smallest absolute Gasteiger partial charge is 0.166 e. The minimum atomic E-state index is -1.27. The van der Waals surface area contributed by atoms with Crippen LogP contribution in [0.25, 0.3) is 0 Å². The van der Waals surface area contributed by atoms with Crippen LogP contribution in [0.3, 0.4) is 0 Å². The van der Waals surface area contributed by atoms with Gasteiger partial charge in [0.15, 0.2) is 17.6 Å². The van der Waals surface area contributed by atoms with E-state index < -0.39 is 6.10 Å². The lowest BCUT2D eigenvalue weighted by atomic mass is 10.1. The topological polar surface area (TPSA) is 84.5 Å². The molecular formula is C8H7NO3. The van der Waals surface area contributed by atoms with E-state index in [2.05, 4.69) is 0 Å². The first kappa shape index (κ1) is 8.37. The molecule has 0 aromatic heterocycles. The third-order valence-electron chi connectivity index (χ3n) is 1.44. The second kappa shape index (κ2) is 3.11. The Balaban J connectivity index is 3.06. The molecule has 0 unspecified atom stereocenters. The summed E-state index contributed by atoms with van der Waals surface area (Å²) in [5.74, 6) is -0.620. The summed E-state index contributed by atoms with van der Waals surface area (Å²) in [6, 6.07) is 5.31. The summed E-state index contributed by atoms with van der Waals surface area (Å²) in [5.41, 5.74) is 0.257. The average Bonchev–Trinajstić information content (AvgIpc) is 2.08. The summed E-state index contributed by atoms with van der Waals surface area (Å²) in [6.45, 7) is 0. The quantitative estimate of drug-likeness (QED) is 0.421. The molecule has 0 fully saturated rings. The van der Waals surface area contributed by atoms with E-state index in [1.807, 2.05) is 0 Å². The lowest BCUT2D eigenvalue weighted by molar-refractivity contribution is 0.235. The predicted octanol–water partition coefficient (Wildman–Crippen LogP) is 0.655. The minimum Gasteiger partial charge on any atom is -0.504 e. The van der Waals surface area contributed by atoms with Crippen LogP contribution in [0.4, 0.5) is 0 Å². The number of nitriles is 1. The fraction of sp³-hybridized carbons (Fsp3) is 0.125. The van der Waals surface area contributed by atoms with Crippen LogP contribution in [-0.2, 0) is 0 Å². The summed E-state index contributed by atoms with van der Waals surface area (Å²) >= 11 is 0. The number of nitrogens with zero attached hydrogens (tertiary/aromatic N) is 1. The molecule has 0 aliphatic carbocycles. The Labute approximate surface area is 68.9 Å². The van der Waals surface area contributed by atoms with E-state index in [4.69, 9.17) is 20.6 Å². The summed E-state index contributed by atoms with van der Waals surface area (Å²) in [4.78, 5) is 0. The van der Waals surface area contributed by atoms with Crippen LogP contribution in [0.15, 0.2) is 18.2 Å². The van der Waals surface area contributed by atoms with E-state index in [1.165, 1.54) is 12.1 Å². The number of benzene rings is 1. The average molecular weight is 165 g/mol. The normalized spacial score (nSPS) is 12.0. The largest absolute Gasteiger partial charge is 0.504 e. The Kier molecular flexibility index (Phi) is 2.17. The molecule has 0 spiro atoms. The predicted molar refractivity (Wildman–Crippen MR) is 40.3 cm³/mol. The number of aliphatic hydroxyl groups is 1. The number of aromatic hydroxyl groups is 2. The Hall–Kier alpha value is -1.73. The van der Waals surface area contributed by atoms with Crippen LogP contribution >= 0.6 is 0 Å². The zero-order chi connectivity index (χ0) is 9.14. The molecule has 1 atom stereocenters. The summed E-state index contributed by atoms with van der Waals surface area (Å²) in [5, 5.41) is 35.2. The Morgan fingerprint density at radius 2 is 1.92 bits per heavy atom. The molecule has 0 aliphatic heterocycles. The van der Waals surface area contributed by atoms with E-state index in [9.17, 15) is 0 Å². The van der Waals surface area contributed by atoms with Crippen molar-refractivity contribution in [1.29, 1.82) is 5.26 Å². The molecule has 62 valence electrons. The zero-order valence-corrected chi connectivity index (χ0v) is 6.10. The number of rotatable bonds is 1. The van der Waals surface area contributed by atoms with Crippen LogP contribution < -0.4 is 0 Å². The highest BCUT2D eigenvalue weighted by molar-refractivity contribution is 5.42. The van der Waals surface area contributed by atoms with Crippen molar-refractivity contribution in [1.82, 2.24) is 0 Å². The van der Waals surface area contributed by atoms with Crippen molar-refractivity contribution in [2.45, 2.75) is 6.10 Å². The van der Waals surface area contributed by atoms with Crippen molar-refractivity contribution >= 4 is 0 Å². The van der Waals surface area contributed by atoms with E-state index in [1.54, 1.807) is 6.07 Å². The molecule has 1 aromatic carbocycles. The number of aliphatic hydroxyl groups excluding tert-OH is 1. The maximum absolute atomic E-state index is 8.99. The Morgan fingerprint density at radius 3 is 2.42 bits per heavy atom.